The number of carbonyl (C=O) groups is 1. The van der Waals surface area contributed by atoms with Gasteiger partial charge in [-0.15, -0.1) is 10.1 Å². The van der Waals surface area contributed by atoms with Gasteiger partial charge >= 0.3 is 0 Å². The van der Waals surface area contributed by atoms with Crippen LogP contribution in [0.3, 0.4) is 0 Å². The average Bonchev–Trinajstić information content (AvgIpc) is 3.19. The number of allylic oxidation sites excluding steroid dienone is 1. The number of rotatable bonds is 2. The van der Waals surface area contributed by atoms with Gasteiger partial charge in [0, 0.05) is 18.9 Å². The van der Waals surface area contributed by atoms with Gasteiger partial charge in [-0.3, -0.25) is 4.79 Å². The molecule has 0 spiro atoms. The second-order valence-corrected chi connectivity index (χ2v) is 6.58. The molecule has 3 fully saturated rings. The normalized spacial score (nSPS) is 36.1. The fourth-order valence-corrected chi connectivity index (χ4v) is 4.45. The zero-order valence-electron chi connectivity index (χ0n) is 12.3. The Morgan fingerprint density at radius 2 is 2.00 bits per heavy atom. The Morgan fingerprint density at radius 3 is 2.81 bits per heavy atom. The minimum absolute atomic E-state index is 0.226. The molecule has 2 bridgehead atoms. The van der Waals surface area contributed by atoms with E-state index in [9.17, 15) is 4.79 Å². The van der Waals surface area contributed by atoms with Gasteiger partial charge in [0.05, 0.1) is 0 Å². The van der Waals surface area contributed by atoms with Crippen LogP contribution in [0.15, 0.2) is 36.4 Å². The van der Waals surface area contributed by atoms with Gasteiger partial charge < -0.3 is 0 Å². The Hall–Kier alpha value is -1.90. The number of hydrogen-bond acceptors (Lipinski definition) is 1. The number of hydrazine groups is 1. The lowest BCUT2D eigenvalue weighted by Gasteiger charge is -2.17. The standard InChI is InChI=1S/C18H20N2O/c1-12(7-8-13-5-3-2-4-6-13)20-17-15-10-9-14(11-15)16(17)18(21)19-20/h2-8,14-17H,9-11H2,1H3/p+1/b8-7+,20-12-/t14-,15+,16?,17-/m1/s1. The topological polar surface area (TPSA) is 32.1 Å². The lowest BCUT2D eigenvalue weighted by Crippen LogP contribution is -2.36. The third kappa shape index (κ3) is 2.03. The van der Waals surface area contributed by atoms with Crippen LogP contribution in [-0.4, -0.2) is 22.3 Å². The van der Waals surface area contributed by atoms with Gasteiger partial charge in [-0.25, -0.2) is 0 Å². The molecule has 1 unspecified atom stereocenters. The zero-order chi connectivity index (χ0) is 14.4. The second-order valence-electron chi connectivity index (χ2n) is 6.58. The molecule has 3 aliphatic rings. The average molecular weight is 281 g/mol. The number of hydrazone groups is 1. The summed E-state index contributed by atoms with van der Waals surface area (Å²) in [6.07, 6.45) is 8.00. The van der Waals surface area contributed by atoms with Crippen LogP contribution in [0.5, 0.6) is 0 Å². The van der Waals surface area contributed by atoms with E-state index in [4.69, 9.17) is 0 Å². The quantitative estimate of drug-likeness (QED) is 0.830. The van der Waals surface area contributed by atoms with Crippen molar-refractivity contribution in [1.29, 1.82) is 0 Å². The molecule has 108 valence electrons. The van der Waals surface area contributed by atoms with Crippen molar-refractivity contribution in [3.05, 3.63) is 42.0 Å². The third-order valence-electron chi connectivity index (χ3n) is 5.40. The summed E-state index contributed by atoms with van der Waals surface area (Å²) in [7, 11) is 0. The molecule has 1 amide bonds. The Labute approximate surface area is 125 Å². The molecule has 1 saturated heterocycles. The van der Waals surface area contributed by atoms with E-state index in [0.717, 1.165) is 5.71 Å². The zero-order valence-corrected chi connectivity index (χ0v) is 12.3. The van der Waals surface area contributed by atoms with Crippen LogP contribution in [0, 0.1) is 17.8 Å². The molecule has 1 aliphatic heterocycles. The fraction of sp³-hybridized carbons (Fsp3) is 0.444. The molecule has 0 radical (unpaired) electrons. The van der Waals surface area contributed by atoms with E-state index in [1.807, 2.05) is 18.2 Å². The molecule has 3 heteroatoms. The van der Waals surface area contributed by atoms with E-state index in [-0.39, 0.29) is 11.8 Å². The minimum Gasteiger partial charge on any atom is -0.269 e. The maximum absolute atomic E-state index is 12.2. The minimum atomic E-state index is 0.226. The van der Waals surface area contributed by atoms with E-state index < -0.39 is 0 Å². The van der Waals surface area contributed by atoms with Gasteiger partial charge in [-0.05, 0) is 36.8 Å². The number of nitrogens with one attached hydrogen (secondary N) is 1. The van der Waals surface area contributed by atoms with E-state index in [1.54, 1.807) is 0 Å². The van der Waals surface area contributed by atoms with Gasteiger partial charge in [0.25, 0.3) is 5.91 Å². The largest absolute Gasteiger partial charge is 0.284 e. The molecule has 2 saturated carbocycles. The molecular weight excluding hydrogens is 260 g/mol. The van der Waals surface area contributed by atoms with E-state index in [0.29, 0.717) is 17.9 Å². The summed E-state index contributed by atoms with van der Waals surface area (Å²) < 4.78 is 2.14. The maximum Gasteiger partial charge on any atom is 0.284 e. The van der Waals surface area contributed by atoms with E-state index >= 15 is 0 Å². The first-order valence-corrected chi connectivity index (χ1v) is 7.90. The summed E-state index contributed by atoms with van der Waals surface area (Å²) in [4.78, 5) is 12.2. The Morgan fingerprint density at radius 1 is 1.24 bits per heavy atom. The predicted molar refractivity (Wildman–Crippen MR) is 82.7 cm³/mol. The Bertz CT molecular complexity index is 632. The summed E-state index contributed by atoms with van der Waals surface area (Å²) in [5.74, 6) is 1.78. The van der Waals surface area contributed by atoms with Crippen LogP contribution in [0.2, 0.25) is 0 Å². The molecular formula is C18H21N2O+. The lowest BCUT2D eigenvalue weighted by molar-refractivity contribution is -0.602. The highest BCUT2D eigenvalue weighted by Crippen LogP contribution is 2.51. The number of fused-ring (bicyclic) bond motifs is 5. The van der Waals surface area contributed by atoms with E-state index in [2.05, 4.69) is 41.3 Å². The molecule has 3 nitrogen and oxygen atoms in total. The summed E-state index contributed by atoms with van der Waals surface area (Å²) >= 11 is 0. The maximum atomic E-state index is 12.2. The van der Waals surface area contributed by atoms with Crippen molar-refractivity contribution in [3.8, 4) is 0 Å². The lowest BCUT2D eigenvalue weighted by atomic mass is 9.85. The van der Waals surface area contributed by atoms with Crippen molar-refractivity contribution < 1.29 is 9.48 Å². The molecule has 2 aliphatic carbocycles. The highest BCUT2D eigenvalue weighted by atomic mass is 16.2. The first-order valence-electron chi connectivity index (χ1n) is 7.90. The summed E-state index contributed by atoms with van der Waals surface area (Å²) in [5, 5.41) is 0. The molecule has 0 aromatic heterocycles. The fourth-order valence-electron chi connectivity index (χ4n) is 4.45. The molecule has 4 rings (SSSR count). The molecule has 1 heterocycles. The summed E-state index contributed by atoms with van der Waals surface area (Å²) in [5.41, 5.74) is 5.42. The van der Waals surface area contributed by atoms with Crippen molar-refractivity contribution in [2.24, 2.45) is 17.8 Å². The monoisotopic (exact) mass is 281 g/mol. The van der Waals surface area contributed by atoms with Crippen LogP contribution in [0.4, 0.5) is 0 Å². The van der Waals surface area contributed by atoms with E-state index in [1.165, 1.54) is 24.8 Å². The first-order chi connectivity index (χ1) is 10.2. The summed E-state index contributed by atoms with van der Waals surface area (Å²) in [6.45, 7) is 2.09. The number of carbonyl (C=O) groups excluding carboxylic acids is 1. The van der Waals surface area contributed by atoms with Crippen LogP contribution < -0.4 is 5.43 Å². The third-order valence-corrected chi connectivity index (χ3v) is 5.40. The first kappa shape index (κ1) is 12.8. The van der Waals surface area contributed by atoms with Crippen LogP contribution in [0.25, 0.3) is 6.08 Å². The Balaban J connectivity index is 1.63. The SMILES string of the molecule is CC(/C=C/c1ccccc1)=[N+]1/NC(=O)C2[C@@H]3CC[C@@H](C3)[C@H]21. The molecule has 1 N–H and O–H groups in total. The highest BCUT2D eigenvalue weighted by Gasteiger charge is 2.61. The van der Waals surface area contributed by atoms with Crippen molar-refractivity contribution >= 4 is 17.7 Å². The molecule has 1 aromatic rings. The van der Waals surface area contributed by atoms with Gasteiger partial charge in [0.1, 0.15) is 5.92 Å². The van der Waals surface area contributed by atoms with Gasteiger partial charge in [-0.2, -0.15) is 0 Å². The smallest absolute Gasteiger partial charge is 0.269 e. The molecule has 21 heavy (non-hydrogen) atoms. The van der Waals surface area contributed by atoms with Crippen molar-refractivity contribution in [3.63, 3.8) is 0 Å². The molecule has 4 atom stereocenters. The van der Waals surface area contributed by atoms with Crippen LogP contribution in [-0.2, 0) is 4.79 Å². The van der Waals surface area contributed by atoms with Gasteiger partial charge in [0.15, 0.2) is 6.04 Å². The number of hydrogen-bond donors (Lipinski definition) is 1. The van der Waals surface area contributed by atoms with Crippen LogP contribution in [0.1, 0.15) is 31.7 Å². The van der Waals surface area contributed by atoms with Crippen molar-refractivity contribution in [1.82, 2.24) is 5.43 Å². The predicted octanol–water partition coefficient (Wildman–Crippen LogP) is 2.63. The second kappa shape index (κ2) is 4.83. The van der Waals surface area contributed by atoms with Crippen LogP contribution >= 0.6 is 0 Å². The van der Waals surface area contributed by atoms with Gasteiger partial charge in [0.2, 0.25) is 5.71 Å². The number of amides is 1. The highest BCUT2D eigenvalue weighted by molar-refractivity contribution is 5.93. The summed E-state index contributed by atoms with van der Waals surface area (Å²) in [6, 6.07) is 10.7. The van der Waals surface area contributed by atoms with Gasteiger partial charge in [-0.1, -0.05) is 30.3 Å². The Kier molecular flexibility index (Phi) is 2.95. The molecule has 1 aromatic carbocycles. The van der Waals surface area contributed by atoms with Crippen molar-refractivity contribution in [2.75, 3.05) is 0 Å². The number of nitrogens with zero attached hydrogens (tertiary/aromatic N) is 1. The number of benzene rings is 1. The van der Waals surface area contributed by atoms with Crippen molar-refractivity contribution in [2.45, 2.75) is 32.2 Å².